The Hall–Kier alpha value is -2.06. The molecule has 2 aromatic carbocycles. The molecule has 0 aliphatic rings. The first-order chi connectivity index (χ1) is 12.2. The molecule has 0 aromatic heterocycles. The molecule has 9 heteroatoms. The number of alkyl halides is 3. The number of rotatable bonds is 6. The molecule has 0 radical (unpaired) electrons. The molecule has 0 saturated heterocycles. The maximum Gasteiger partial charge on any atom is 0.417 e. The zero-order valence-electron chi connectivity index (χ0n) is 13.8. The number of hydrogen-bond acceptors (Lipinski definition) is 4. The van der Waals surface area contributed by atoms with Gasteiger partial charge in [0.2, 0.25) is 5.91 Å². The molecule has 0 aliphatic carbocycles. The summed E-state index contributed by atoms with van der Waals surface area (Å²) in [5.41, 5.74) is -0.440. The van der Waals surface area contributed by atoms with Crippen LogP contribution >= 0.6 is 23.4 Å². The van der Waals surface area contributed by atoms with E-state index < -0.39 is 11.7 Å². The molecular weight excluding hydrogens is 391 g/mol. The smallest absolute Gasteiger partial charge is 0.417 e. The van der Waals surface area contributed by atoms with Crippen molar-refractivity contribution in [1.29, 1.82) is 0 Å². The lowest BCUT2D eigenvalue weighted by Crippen LogP contribution is -2.14. The highest BCUT2D eigenvalue weighted by atomic mass is 35.5. The summed E-state index contributed by atoms with van der Waals surface area (Å²) >= 11 is 6.55. The number of thioether (sulfide) groups is 1. The second kappa shape index (κ2) is 8.55. The minimum Gasteiger partial charge on any atom is -0.493 e. The predicted molar refractivity (Wildman–Crippen MR) is 95.4 cm³/mol. The van der Waals surface area contributed by atoms with Gasteiger partial charge in [0.1, 0.15) is 0 Å². The third kappa shape index (κ3) is 5.22. The fraction of sp³-hybridized carbons (Fsp3) is 0.235. The molecule has 140 valence electrons. The van der Waals surface area contributed by atoms with E-state index in [2.05, 4.69) is 5.32 Å². The number of benzene rings is 2. The van der Waals surface area contributed by atoms with E-state index in [9.17, 15) is 18.0 Å². The molecule has 0 spiro atoms. The van der Waals surface area contributed by atoms with Crippen LogP contribution in [-0.4, -0.2) is 25.9 Å². The maximum atomic E-state index is 12.9. The van der Waals surface area contributed by atoms with Gasteiger partial charge in [-0.2, -0.15) is 13.2 Å². The number of halogens is 4. The van der Waals surface area contributed by atoms with E-state index >= 15 is 0 Å². The van der Waals surface area contributed by atoms with Crippen molar-refractivity contribution in [2.75, 3.05) is 25.3 Å². The van der Waals surface area contributed by atoms with Crippen molar-refractivity contribution < 1.29 is 27.4 Å². The molecule has 0 atom stereocenters. The van der Waals surface area contributed by atoms with Crippen LogP contribution < -0.4 is 14.8 Å². The Morgan fingerprint density at radius 3 is 2.42 bits per heavy atom. The normalized spacial score (nSPS) is 11.2. The third-order valence-electron chi connectivity index (χ3n) is 3.28. The Morgan fingerprint density at radius 1 is 1.12 bits per heavy atom. The van der Waals surface area contributed by atoms with Crippen LogP contribution in [0.1, 0.15) is 5.56 Å². The first kappa shape index (κ1) is 20.3. The van der Waals surface area contributed by atoms with Gasteiger partial charge in [-0.1, -0.05) is 11.6 Å². The van der Waals surface area contributed by atoms with Crippen LogP contribution in [-0.2, 0) is 11.0 Å². The van der Waals surface area contributed by atoms with E-state index in [0.717, 1.165) is 17.8 Å². The molecule has 4 nitrogen and oxygen atoms in total. The van der Waals surface area contributed by atoms with E-state index in [4.69, 9.17) is 21.1 Å². The van der Waals surface area contributed by atoms with Crippen molar-refractivity contribution in [2.24, 2.45) is 0 Å². The van der Waals surface area contributed by atoms with Crippen molar-refractivity contribution in [3.63, 3.8) is 0 Å². The Kier molecular flexibility index (Phi) is 6.66. The Labute approximate surface area is 157 Å². The largest absolute Gasteiger partial charge is 0.493 e. The molecule has 0 bridgehead atoms. The highest BCUT2D eigenvalue weighted by molar-refractivity contribution is 8.00. The molecule has 2 rings (SSSR count). The molecule has 2 aromatic rings. The minimum atomic E-state index is -4.55. The van der Waals surface area contributed by atoms with Gasteiger partial charge in [-0.3, -0.25) is 4.79 Å². The fourth-order valence-electron chi connectivity index (χ4n) is 2.07. The van der Waals surface area contributed by atoms with Crippen molar-refractivity contribution in [2.45, 2.75) is 11.1 Å². The van der Waals surface area contributed by atoms with Gasteiger partial charge in [0.05, 0.1) is 30.6 Å². The average molecular weight is 406 g/mol. The molecule has 26 heavy (non-hydrogen) atoms. The summed E-state index contributed by atoms with van der Waals surface area (Å²) in [5.74, 6) is 0.532. The van der Waals surface area contributed by atoms with Crippen LogP contribution in [0, 0.1) is 0 Å². The van der Waals surface area contributed by atoms with Gasteiger partial charge in [-0.05, 0) is 30.3 Å². The topological polar surface area (TPSA) is 47.6 Å². The molecule has 0 aliphatic heterocycles. The van der Waals surface area contributed by atoms with Gasteiger partial charge in [0, 0.05) is 16.6 Å². The third-order valence-corrected chi connectivity index (χ3v) is 4.60. The minimum absolute atomic E-state index is 0.0622. The molecule has 1 N–H and O–H groups in total. The van der Waals surface area contributed by atoms with Gasteiger partial charge in [-0.15, -0.1) is 11.8 Å². The maximum absolute atomic E-state index is 12.9. The summed E-state index contributed by atoms with van der Waals surface area (Å²) in [6, 6.07) is 8.39. The quantitative estimate of drug-likeness (QED) is 0.679. The lowest BCUT2D eigenvalue weighted by atomic mass is 10.2. The van der Waals surface area contributed by atoms with Crippen LogP contribution in [0.4, 0.5) is 18.9 Å². The lowest BCUT2D eigenvalue weighted by Gasteiger charge is -2.12. The highest BCUT2D eigenvalue weighted by Gasteiger charge is 2.33. The zero-order chi connectivity index (χ0) is 19.3. The summed E-state index contributed by atoms with van der Waals surface area (Å²) in [4.78, 5) is 12.3. The highest BCUT2D eigenvalue weighted by Crippen LogP contribution is 2.37. The predicted octanol–water partition coefficient (Wildman–Crippen LogP) is 5.11. The van der Waals surface area contributed by atoms with E-state index in [1.807, 2.05) is 0 Å². The fourth-order valence-corrected chi connectivity index (χ4v) is 3.03. The standard InChI is InChI=1S/C17H15ClF3NO3S/c1-24-14-6-3-10(7-15(14)25-2)22-16(23)9-26-11-4-5-13(18)12(8-11)17(19,20)21/h3-8H,9H2,1-2H3,(H,22,23). The van der Waals surface area contributed by atoms with E-state index in [0.29, 0.717) is 22.1 Å². The zero-order valence-corrected chi connectivity index (χ0v) is 15.4. The van der Waals surface area contributed by atoms with Gasteiger partial charge in [0.15, 0.2) is 11.5 Å². The Morgan fingerprint density at radius 2 is 1.81 bits per heavy atom. The number of methoxy groups -OCH3 is 2. The van der Waals surface area contributed by atoms with E-state index in [1.165, 1.54) is 26.4 Å². The summed E-state index contributed by atoms with van der Waals surface area (Å²) in [6.07, 6.45) is -4.55. The van der Waals surface area contributed by atoms with Crippen LogP contribution in [0.2, 0.25) is 5.02 Å². The average Bonchev–Trinajstić information content (AvgIpc) is 2.59. The summed E-state index contributed by atoms with van der Waals surface area (Å²) < 4.78 is 48.8. The number of nitrogens with one attached hydrogen (secondary N) is 1. The first-order valence-corrected chi connectivity index (χ1v) is 8.62. The first-order valence-electron chi connectivity index (χ1n) is 7.26. The molecule has 0 saturated carbocycles. The van der Waals surface area contributed by atoms with Crippen LogP contribution in [0.5, 0.6) is 11.5 Å². The van der Waals surface area contributed by atoms with E-state index in [-0.39, 0.29) is 16.7 Å². The number of carbonyl (C=O) groups excluding carboxylic acids is 1. The summed E-state index contributed by atoms with van der Waals surface area (Å²) in [6.45, 7) is 0. The molecular formula is C17H15ClF3NO3S. The van der Waals surface area contributed by atoms with Gasteiger partial charge in [-0.25, -0.2) is 0 Å². The van der Waals surface area contributed by atoms with Crippen LogP contribution in [0.25, 0.3) is 0 Å². The molecule has 0 unspecified atom stereocenters. The van der Waals surface area contributed by atoms with Crippen molar-refractivity contribution >= 4 is 35.0 Å². The second-order valence-corrected chi connectivity index (χ2v) is 6.50. The number of anilines is 1. The van der Waals surface area contributed by atoms with Crippen molar-refractivity contribution in [3.05, 3.63) is 47.0 Å². The molecule has 0 fully saturated rings. The summed E-state index contributed by atoms with van der Waals surface area (Å²) in [7, 11) is 2.96. The SMILES string of the molecule is COc1ccc(NC(=O)CSc2ccc(Cl)c(C(F)(F)F)c2)cc1OC. The van der Waals surface area contributed by atoms with Crippen molar-refractivity contribution in [1.82, 2.24) is 0 Å². The summed E-state index contributed by atoms with van der Waals surface area (Å²) in [5, 5.41) is 2.27. The van der Waals surface area contributed by atoms with Gasteiger partial charge < -0.3 is 14.8 Å². The Balaban J connectivity index is 2.01. The van der Waals surface area contributed by atoms with Crippen LogP contribution in [0.3, 0.4) is 0 Å². The van der Waals surface area contributed by atoms with Crippen LogP contribution in [0.15, 0.2) is 41.3 Å². The van der Waals surface area contributed by atoms with Gasteiger partial charge in [0.25, 0.3) is 0 Å². The number of carbonyl (C=O) groups is 1. The lowest BCUT2D eigenvalue weighted by molar-refractivity contribution is -0.137. The number of ether oxygens (including phenoxy) is 2. The Bertz CT molecular complexity index is 799. The van der Waals surface area contributed by atoms with Gasteiger partial charge >= 0.3 is 6.18 Å². The van der Waals surface area contributed by atoms with E-state index in [1.54, 1.807) is 18.2 Å². The number of hydrogen-bond donors (Lipinski definition) is 1. The number of amides is 1. The van der Waals surface area contributed by atoms with Crippen molar-refractivity contribution in [3.8, 4) is 11.5 Å². The molecule has 0 heterocycles. The molecule has 1 amide bonds. The monoisotopic (exact) mass is 405 g/mol. The second-order valence-electron chi connectivity index (χ2n) is 5.05.